The molecule has 1 atom stereocenters. The summed E-state index contributed by atoms with van der Waals surface area (Å²) in [7, 11) is 0. The van der Waals surface area contributed by atoms with Crippen LogP contribution in [0.3, 0.4) is 0 Å². The van der Waals surface area contributed by atoms with Crippen LogP contribution in [-0.2, 0) is 4.74 Å². The first kappa shape index (κ1) is 25.4. The van der Waals surface area contributed by atoms with Crippen molar-refractivity contribution < 1.29 is 4.74 Å². The van der Waals surface area contributed by atoms with E-state index >= 15 is 0 Å². The van der Waals surface area contributed by atoms with Crippen LogP contribution in [0.5, 0.6) is 0 Å². The Labute approximate surface area is 194 Å². The molecule has 32 heavy (non-hydrogen) atoms. The fourth-order valence-electron chi connectivity index (χ4n) is 3.55. The van der Waals surface area contributed by atoms with Crippen LogP contribution < -0.4 is 5.32 Å². The van der Waals surface area contributed by atoms with Crippen LogP contribution in [0.1, 0.15) is 70.4 Å². The lowest BCUT2D eigenvalue weighted by atomic mass is 10.0. The van der Waals surface area contributed by atoms with Crippen molar-refractivity contribution >= 4 is 17.6 Å². The van der Waals surface area contributed by atoms with Crippen LogP contribution in [0, 0.1) is 5.92 Å². The van der Waals surface area contributed by atoms with Crippen LogP contribution in [0.4, 0.5) is 0 Å². The standard InChI is InChI=1S/C28H39N3O/c1-6-20-32-24(5)22(3)12-10-8-9-11-13-23(4)31-27(7-2)25-14-16-26(17-15-25)28-21-29-18-19-30-28/h6-7,14-17,20-22,31H,4-5,8-13,18-19H2,1-3H3/b20-6-,27-7-. The van der Waals surface area contributed by atoms with Crippen LogP contribution >= 0.6 is 0 Å². The predicted molar refractivity (Wildman–Crippen MR) is 139 cm³/mol. The Hall–Kier alpha value is -2.88. The quantitative estimate of drug-likeness (QED) is 0.252. The third-order valence-corrected chi connectivity index (χ3v) is 5.59. The summed E-state index contributed by atoms with van der Waals surface area (Å²) in [5.41, 5.74) is 5.38. The molecule has 0 saturated carbocycles. The first-order valence-corrected chi connectivity index (χ1v) is 11.8. The van der Waals surface area contributed by atoms with Gasteiger partial charge in [-0.15, -0.1) is 0 Å². The van der Waals surface area contributed by atoms with Crippen molar-refractivity contribution in [3.63, 3.8) is 0 Å². The molecule has 1 heterocycles. The van der Waals surface area contributed by atoms with E-state index in [9.17, 15) is 0 Å². The largest absolute Gasteiger partial charge is 0.470 e. The van der Waals surface area contributed by atoms with Gasteiger partial charge in [-0.3, -0.25) is 9.98 Å². The highest BCUT2D eigenvalue weighted by atomic mass is 16.5. The predicted octanol–water partition coefficient (Wildman–Crippen LogP) is 7.06. The van der Waals surface area contributed by atoms with Gasteiger partial charge in [0.2, 0.25) is 0 Å². The summed E-state index contributed by atoms with van der Waals surface area (Å²) in [4.78, 5) is 8.86. The maximum atomic E-state index is 5.47. The second-order valence-electron chi connectivity index (χ2n) is 8.22. The number of hydrogen-bond acceptors (Lipinski definition) is 4. The molecule has 0 bridgehead atoms. The SMILES string of the molecule is C=C(CCCCCCC(C)C(=C)O/C=C\C)N/C(=C\C)c1ccc(C2=NCCN=C2)cc1. The molecule has 0 aliphatic carbocycles. The minimum Gasteiger partial charge on any atom is -0.470 e. The van der Waals surface area contributed by atoms with E-state index in [4.69, 9.17) is 4.74 Å². The smallest absolute Gasteiger partial charge is 0.0988 e. The van der Waals surface area contributed by atoms with Crippen molar-refractivity contribution in [2.24, 2.45) is 15.9 Å². The molecule has 0 radical (unpaired) electrons. The Balaban J connectivity index is 1.69. The molecule has 0 aromatic heterocycles. The molecule has 4 heteroatoms. The molecule has 1 N–H and O–H groups in total. The van der Waals surface area contributed by atoms with Gasteiger partial charge in [-0.25, -0.2) is 0 Å². The zero-order valence-corrected chi connectivity index (χ0v) is 20.1. The molecular weight excluding hydrogens is 394 g/mol. The number of allylic oxidation sites excluding steroid dienone is 4. The highest BCUT2D eigenvalue weighted by Crippen LogP contribution is 2.20. The topological polar surface area (TPSA) is 46.0 Å². The minimum atomic E-state index is 0.393. The summed E-state index contributed by atoms with van der Waals surface area (Å²) in [6.07, 6.45) is 14.4. The monoisotopic (exact) mass is 433 g/mol. The first-order chi connectivity index (χ1) is 15.5. The molecule has 0 amide bonds. The summed E-state index contributed by atoms with van der Waals surface area (Å²) < 4.78 is 5.47. The first-order valence-electron chi connectivity index (χ1n) is 11.8. The zero-order chi connectivity index (χ0) is 23.2. The zero-order valence-electron chi connectivity index (χ0n) is 20.1. The molecule has 172 valence electrons. The Bertz CT molecular complexity index is 859. The molecule has 0 spiro atoms. The fraction of sp³-hybridized carbons (Fsp3) is 0.429. The average molecular weight is 434 g/mol. The van der Waals surface area contributed by atoms with E-state index in [1.165, 1.54) is 19.3 Å². The van der Waals surface area contributed by atoms with Crippen molar-refractivity contribution in [1.29, 1.82) is 0 Å². The Morgan fingerprint density at radius 1 is 1.09 bits per heavy atom. The van der Waals surface area contributed by atoms with Gasteiger partial charge < -0.3 is 10.1 Å². The summed E-state index contributed by atoms with van der Waals surface area (Å²) in [6.45, 7) is 16.0. The number of nitrogens with one attached hydrogen (secondary N) is 1. The lowest BCUT2D eigenvalue weighted by Crippen LogP contribution is -2.12. The van der Waals surface area contributed by atoms with Crippen molar-refractivity contribution in [2.45, 2.75) is 59.3 Å². The second kappa shape index (κ2) is 14.2. The van der Waals surface area contributed by atoms with E-state index in [0.717, 1.165) is 66.3 Å². The fourth-order valence-corrected chi connectivity index (χ4v) is 3.55. The molecule has 1 aromatic rings. The molecule has 1 aromatic carbocycles. The minimum absolute atomic E-state index is 0.393. The van der Waals surface area contributed by atoms with Crippen molar-refractivity contribution in [2.75, 3.05) is 13.1 Å². The third-order valence-electron chi connectivity index (χ3n) is 5.59. The van der Waals surface area contributed by atoms with Gasteiger partial charge in [0.1, 0.15) is 0 Å². The van der Waals surface area contributed by atoms with Gasteiger partial charge in [0.15, 0.2) is 0 Å². The number of hydrogen-bond donors (Lipinski definition) is 1. The molecule has 4 nitrogen and oxygen atoms in total. The average Bonchev–Trinajstić information content (AvgIpc) is 2.83. The van der Waals surface area contributed by atoms with Gasteiger partial charge in [0.25, 0.3) is 0 Å². The van der Waals surface area contributed by atoms with E-state index in [1.54, 1.807) is 6.26 Å². The van der Waals surface area contributed by atoms with Crippen LogP contribution in [0.15, 0.2) is 77.3 Å². The molecular formula is C28H39N3O. The van der Waals surface area contributed by atoms with Crippen LogP contribution in [0.2, 0.25) is 0 Å². The van der Waals surface area contributed by atoms with Gasteiger partial charge in [-0.2, -0.15) is 0 Å². The Kier molecular flexibility index (Phi) is 11.3. The summed E-state index contributed by atoms with van der Waals surface area (Å²) >= 11 is 0. The molecule has 2 rings (SSSR count). The van der Waals surface area contributed by atoms with Crippen molar-refractivity contribution in [3.8, 4) is 0 Å². The lowest BCUT2D eigenvalue weighted by molar-refractivity contribution is 0.288. The Morgan fingerprint density at radius 3 is 2.50 bits per heavy atom. The van der Waals surface area contributed by atoms with Gasteiger partial charge in [0.05, 0.1) is 30.8 Å². The van der Waals surface area contributed by atoms with Gasteiger partial charge in [-0.1, -0.05) is 75.8 Å². The summed E-state index contributed by atoms with van der Waals surface area (Å²) in [6, 6.07) is 8.48. The summed E-state index contributed by atoms with van der Waals surface area (Å²) in [5, 5.41) is 3.50. The molecule has 0 saturated heterocycles. The van der Waals surface area contributed by atoms with Gasteiger partial charge in [-0.05, 0) is 38.7 Å². The lowest BCUT2D eigenvalue weighted by Gasteiger charge is -2.15. The van der Waals surface area contributed by atoms with Gasteiger partial charge in [0, 0.05) is 29.1 Å². The van der Waals surface area contributed by atoms with Crippen LogP contribution in [-0.4, -0.2) is 25.0 Å². The number of nitrogens with zero attached hydrogens (tertiary/aromatic N) is 2. The molecule has 1 aliphatic rings. The normalized spacial score (nSPS) is 14.8. The highest BCUT2D eigenvalue weighted by Gasteiger charge is 2.08. The molecule has 0 fully saturated rings. The number of aliphatic imine (C=N–C) groups is 2. The maximum Gasteiger partial charge on any atom is 0.0988 e. The number of benzene rings is 1. The van der Waals surface area contributed by atoms with E-state index < -0.39 is 0 Å². The Morgan fingerprint density at radius 2 is 1.84 bits per heavy atom. The van der Waals surface area contributed by atoms with E-state index in [1.807, 2.05) is 19.2 Å². The third kappa shape index (κ3) is 8.70. The second-order valence-corrected chi connectivity index (χ2v) is 8.22. The molecule has 1 aliphatic heterocycles. The maximum absolute atomic E-state index is 5.47. The number of ether oxygens (including phenoxy) is 1. The summed E-state index contributed by atoms with van der Waals surface area (Å²) in [5.74, 6) is 1.25. The number of rotatable bonds is 14. The number of unbranched alkanes of at least 4 members (excludes halogenated alkanes) is 3. The van der Waals surface area contributed by atoms with Crippen molar-refractivity contribution in [1.82, 2.24) is 5.32 Å². The molecule has 1 unspecified atom stereocenters. The highest BCUT2D eigenvalue weighted by molar-refractivity contribution is 6.38. The van der Waals surface area contributed by atoms with Crippen molar-refractivity contribution in [3.05, 3.63) is 78.4 Å². The van der Waals surface area contributed by atoms with Crippen LogP contribution in [0.25, 0.3) is 5.70 Å². The van der Waals surface area contributed by atoms with E-state index in [-0.39, 0.29) is 0 Å². The van der Waals surface area contributed by atoms with Gasteiger partial charge >= 0.3 is 0 Å². The van der Waals surface area contributed by atoms with E-state index in [0.29, 0.717) is 5.92 Å². The van der Waals surface area contributed by atoms with E-state index in [2.05, 4.69) is 72.6 Å².